The van der Waals surface area contributed by atoms with Crippen LogP contribution in [-0.2, 0) is 4.79 Å². The van der Waals surface area contributed by atoms with Gasteiger partial charge in [0.25, 0.3) is 0 Å². The normalized spacial score (nSPS) is 11.1. The molecule has 0 aliphatic carbocycles. The fourth-order valence-electron chi connectivity index (χ4n) is 1.55. The smallest absolute Gasteiger partial charge is 0.328 e. The molecule has 0 aliphatic heterocycles. The van der Waals surface area contributed by atoms with Gasteiger partial charge in [-0.05, 0) is 44.5 Å². The molecule has 5 nitrogen and oxygen atoms in total. The summed E-state index contributed by atoms with van der Waals surface area (Å²) in [6.07, 6.45) is 3.08. The van der Waals surface area contributed by atoms with Gasteiger partial charge in [-0.3, -0.25) is 0 Å². The molecular formula is C16H19NO4. The van der Waals surface area contributed by atoms with Crippen LogP contribution < -0.4 is 9.47 Å². The maximum atomic E-state index is 10.6. The van der Waals surface area contributed by atoms with E-state index in [0.29, 0.717) is 30.1 Å². The first kappa shape index (κ1) is 16.6. The molecule has 21 heavy (non-hydrogen) atoms. The Labute approximate surface area is 124 Å². The summed E-state index contributed by atoms with van der Waals surface area (Å²) in [5, 5.41) is 17.7. The molecule has 1 rings (SSSR count). The van der Waals surface area contributed by atoms with Crippen molar-refractivity contribution in [3.8, 4) is 17.6 Å². The number of nitriles is 1. The van der Waals surface area contributed by atoms with Crippen molar-refractivity contribution in [2.45, 2.75) is 20.3 Å². The fraction of sp³-hybridized carbons (Fsp3) is 0.375. The number of ether oxygens (including phenoxy) is 2. The number of hydrogen-bond donors (Lipinski definition) is 1. The molecular weight excluding hydrogens is 270 g/mol. The summed E-state index contributed by atoms with van der Waals surface area (Å²) in [7, 11) is 1.54. The molecule has 112 valence electrons. The lowest BCUT2D eigenvalue weighted by atomic mass is 9.92. The number of rotatable bonds is 7. The van der Waals surface area contributed by atoms with Gasteiger partial charge in [-0.25, -0.2) is 4.79 Å². The SMILES string of the molecule is COc1ccc(OCCC(C)(C)C#N)c(C=CC(=O)O)c1. The van der Waals surface area contributed by atoms with Crippen molar-refractivity contribution in [1.82, 2.24) is 0 Å². The number of benzene rings is 1. The van der Waals surface area contributed by atoms with Gasteiger partial charge in [0.15, 0.2) is 0 Å². The predicted molar refractivity (Wildman–Crippen MR) is 79.2 cm³/mol. The number of nitrogens with zero attached hydrogens (tertiary/aromatic N) is 1. The average Bonchev–Trinajstić information content (AvgIpc) is 2.45. The summed E-state index contributed by atoms with van der Waals surface area (Å²) in [4.78, 5) is 10.6. The lowest BCUT2D eigenvalue weighted by molar-refractivity contribution is -0.131. The van der Waals surface area contributed by atoms with E-state index in [1.807, 2.05) is 13.8 Å². The zero-order valence-electron chi connectivity index (χ0n) is 12.4. The summed E-state index contributed by atoms with van der Waals surface area (Å²) in [5.41, 5.74) is 0.162. The standard InChI is InChI=1S/C16H19NO4/c1-16(2,11-17)8-9-21-14-6-5-13(20-3)10-12(14)4-7-15(18)19/h4-7,10H,8-9H2,1-3H3,(H,18,19). The first-order chi connectivity index (χ1) is 9.88. The van der Waals surface area contributed by atoms with Gasteiger partial charge in [-0.1, -0.05) is 0 Å². The molecule has 0 radical (unpaired) electrons. The molecule has 0 saturated heterocycles. The first-order valence-corrected chi connectivity index (χ1v) is 6.51. The quantitative estimate of drug-likeness (QED) is 0.780. The summed E-state index contributed by atoms with van der Waals surface area (Å²) in [6, 6.07) is 7.37. The Morgan fingerprint density at radius 2 is 2.19 bits per heavy atom. The van der Waals surface area contributed by atoms with Crippen LogP contribution in [0.3, 0.4) is 0 Å². The molecule has 0 spiro atoms. The van der Waals surface area contributed by atoms with E-state index >= 15 is 0 Å². The highest BCUT2D eigenvalue weighted by Crippen LogP contribution is 2.27. The van der Waals surface area contributed by atoms with Crippen LogP contribution >= 0.6 is 0 Å². The van der Waals surface area contributed by atoms with Crippen LogP contribution in [0, 0.1) is 16.7 Å². The molecule has 5 heteroatoms. The third-order valence-corrected chi connectivity index (χ3v) is 2.91. The Morgan fingerprint density at radius 1 is 1.48 bits per heavy atom. The van der Waals surface area contributed by atoms with E-state index in [-0.39, 0.29) is 0 Å². The molecule has 0 atom stereocenters. The minimum atomic E-state index is -1.03. The van der Waals surface area contributed by atoms with E-state index in [2.05, 4.69) is 6.07 Å². The van der Waals surface area contributed by atoms with Crippen LogP contribution in [0.4, 0.5) is 0 Å². The van der Waals surface area contributed by atoms with Crippen molar-refractivity contribution in [1.29, 1.82) is 5.26 Å². The third-order valence-electron chi connectivity index (χ3n) is 2.91. The lowest BCUT2D eigenvalue weighted by Gasteiger charge is -2.16. The van der Waals surface area contributed by atoms with Crippen LogP contribution in [0.5, 0.6) is 11.5 Å². The van der Waals surface area contributed by atoms with Crippen LogP contribution in [0.15, 0.2) is 24.3 Å². The average molecular weight is 289 g/mol. The van der Waals surface area contributed by atoms with E-state index < -0.39 is 11.4 Å². The minimum Gasteiger partial charge on any atom is -0.497 e. The molecule has 0 bridgehead atoms. The monoisotopic (exact) mass is 289 g/mol. The van der Waals surface area contributed by atoms with Crippen molar-refractivity contribution in [3.05, 3.63) is 29.8 Å². The van der Waals surface area contributed by atoms with Crippen molar-refractivity contribution in [2.24, 2.45) is 5.41 Å². The van der Waals surface area contributed by atoms with E-state index in [1.54, 1.807) is 18.2 Å². The van der Waals surface area contributed by atoms with E-state index in [9.17, 15) is 4.79 Å². The molecule has 1 aromatic carbocycles. The van der Waals surface area contributed by atoms with Gasteiger partial charge >= 0.3 is 5.97 Å². The molecule has 1 N–H and O–H groups in total. The second-order valence-corrected chi connectivity index (χ2v) is 5.17. The van der Waals surface area contributed by atoms with E-state index in [4.69, 9.17) is 19.8 Å². The summed E-state index contributed by atoms with van der Waals surface area (Å²) in [5.74, 6) is 0.140. The maximum Gasteiger partial charge on any atom is 0.328 e. The second kappa shape index (κ2) is 7.34. The minimum absolute atomic E-state index is 0.376. The Bertz CT molecular complexity index is 570. The largest absolute Gasteiger partial charge is 0.497 e. The van der Waals surface area contributed by atoms with Gasteiger partial charge in [-0.15, -0.1) is 0 Å². The van der Waals surface area contributed by atoms with Gasteiger partial charge < -0.3 is 14.6 Å². The molecule has 0 heterocycles. The van der Waals surface area contributed by atoms with Crippen LogP contribution in [0.1, 0.15) is 25.8 Å². The molecule has 0 aromatic heterocycles. The van der Waals surface area contributed by atoms with Crippen molar-refractivity contribution >= 4 is 12.0 Å². The van der Waals surface area contributed by atoms with Gasteiger partial charge in [0.1, 0.15) is 11.5 Å². The van der Waals surface area contributed by atoms with Crippen LogP contribution in [-0.4, -0.2) is 24.8 Å². The van der Waals surface area contributed by atoms with Gasteiger partial charge in [0.2, 0.25) is 0 Å². The van der Waals surface area contributed by atoms with Crippen LogP contribution in [0.25, 0.3) is 6.08 Å². The summed E-state index contributed by atoms with van der Waals surface area (Å²) >= 11 is 0. The number of hydrogen-bond acceptors (Lipinski definition) is 4. The molecule has 0 saturated carbocycles. The Balaban J connectivity index is 2.86. The fourth-order valence-corrected chi connectivity index (χ4v) is 1.55. The van der Waals surface area contributed by atoms with Crippen molar-refractivity contribution < 1.29 is 19.4 Å². The van der Waals surface area contributed by atoms with Gasteiger partial charge in [0, 0.05) is 11.6 Å². The first-order valence-electron chi connectivity index (χ1n) is 6.51. The Hall–Kier alpha value is -2.48. The number of carbonyl (C=O) groups is 1. The highest BCUT2D eigenvalue weighted by molar-refractivity contribution is 5.86. The second-order valence-electron chi connectivity index (χ2n) is 5.17. The molecule has 0 unspecified atom stereocenters. The third kappa shape index (κ3) is 5.57. The number of carboxylic acid groups (broad SMARTS) is 1. The van der Waals surface area contributed by atoms with Gasteiger partial charge in [-0.2, -0.15) is 5.26 Å². The Morgan fingerprint density at radius 3 is 2.76 bits per heavy atom. The molecule has 0 amide bonds. The highest BCUT2D eigenvalue weighted by Gasteiger charge is 2.16. The van der Waals surface area contributed by atoms with Crippen molar-refractivity contribution in [3.63, 3.8) is 0 Å². The zero-order chi connectivity index (χ0) is 15.9. The van der Waals surface area contributed by atoms with Crippen LogP contribution in [0.2, 0.25) is 0 Å². The highest BCUT2D eigenvalue weighted by atomic mass is 16.5. The van der Waals surface area contributed by atoms with Crippen molar-refractivity contribution in [2.75, 3.05) is 13.7 Å². The molecule has 0 aliphatic rings. The predicted octanol–water partition coefficient (Wildman–Crippen LogP) is 3.11. The Kier molecular flexibility index (Phi) is 5.79. The molecule has 0 fully saturated rings. The number of methoxy groups -OCH3 is 1. The van der Waals surface area contributed by atoms with Gasteiger partial charge in [0.05, 0.1) is 25.2 Å². The maximum absolute atomic E-state index is 10.6. The topological polar surface area (TPSA) is 79.5 Å². The lowest BCUT2D eigenvalue weighted by Crippen LogP contribution is -2.13. The molecule has 1 aromatic rings. The summed E-state index contributed by atoms with van der Waals surface area (Å²) < 4.78 is 10.8. The number of aliphatic carboxylic acids is 1. The van der Waals surface area contributed by atoms with E-state index in [1.165, 1.54) is 13.2 Å². The zero-order valence-corrected chi connectivity index (χ0v) is 12.4. The summed E-state index contributed by atoms with van der Waals surface area (Å²) in [6.45, 7) is 4.06. The van der Waals surface area contributed by atoms with E-state index in [0.717, 1.165) is 6.08 Å². The number of carboxylic acids is 1.